The Hall–Kier alpha value is -1.38. The first-order chi connectivity index (χ1) is 5.85. The minimum atomic E-state index is -3.28. The Morgan fingerprint density at radius 1 is 1.38 bits per heavy atom. The molecule has 8 heteroatoms. The molecule has 0 amide bonds. The van der Waals surface area contributed by atoms with E-state index in [1.165, 1.54) is 0 Å². The number of aliphatic hydroxyl groups excluding tert-OH is 1. The fourth-order valence-electron chi connectivity index (χ4n) is 0.778. The number of carbonyl (C=O) groups excluding carboxylic acids is 1. The van der Waals surface area contributed by atoms with Crippen LogP contribution in [0.3, 0.4) is 0 Å². The number of carboxylic acid groups (broad SMARTS) is 1. The molecule has 8 nitrogen and oxygen atoms in total. The van der Waals surface area contributed by atoms with Gasteiger partial charge in [0, 0.05) is 0 Å². The van der Waals surface area contributed by atoms with Crippen molar-refractivity contribution < 1.29 is 39.5 Å². The van der Waals surface area contributed by atoms with Crippen molar-refractivity contribution in [3.8, 4) is 0 Å². The predicted octanol–water partition coefficient (Wildman–Crippen LogP) is -2.39. The molecule has 1 heterocycles. The minimum absolute atomic E-state index is 1.30. The van der Waals surface area contributed by atoms with Crippen LogP contribution in [-0.4, -0.2) is 50.7 Å². The van der Waals surface area contributed by atoms with E-state index < -0.39 is 30.3 Å². The molecule has 0 bridgehead atoms. The third kappa shape index (κ3) is 1.11. The predicted molar refractivity (Wildman–Crippen MR) is 32.2 cm³/mol. The fraction of sp³-hybridized carbons (Fsp3) is 0.600. The molecule has 13 heavy (non-hydrogen) atoms. The van der Waals surface area contributed by atoms with Crippen LogP contribution < -0.4 is 0 Å². The number of rotatable bonds is 2. The monoisotopic (exact) mass is 194 g/mol. The van der Waals surface area contributed by atoms with E-state index in [1.807, 2.05) is 0 Å². The van der Waals surface area contributed by atoms with E-state index in [4.69, 9.17) is 20.4 Å². The lowest BCUT2D eigenvalue weighted by atomic mass is 10.1. The van der Waals surface area contributed by atoms with E-state index in [0.717, 1.165) is 0 Å². The maximum Gasteiger partial charge on any atom is 0.514 e. The third-order valence-electron chi connectivity index (χ3n) is 1.52. The van der Waals surface area contributed by atoms with Crippen molar-refractivity contribution in [2.45, 2.75) is 11.6 Å². The maximum atomic E-state index is 10.4. The molecule has 4 N–H and O–H groups in total. The van der Waals surface area contributed by atoms with E-state index in [9.17, 15) is 9.59 Å². The highest BCUT2D eigenvalue weighted by molar-refractivity contribution is 5.82. The van der Waals surface area contributed by atoms with Crippen LogP contribution in [0.25, 0.3) is 0 Å². The van der Waals surface area contributed by atoms with E-state index in [-0.39, 0.29) is 0 Å². The molecule has 0 saturated carbocycles. The van der Waals surface area contributed by atoms with Gasteiger partial charge in [0.25, 0.3) is 0 Å². The Bertz CT molecular complexity index is 261. The highest BCUT2D eigenvalue weighted by Crippen LogP contribution is 2.32. The van der Waals surface area contributed by atoms with Crippen LogP contribution >= 0.6 is 0 Å². The smallest absolute Gasteiger partial charge is 0.476 e. The van der Waals surface area contributed by atoms with Crippen molar-refractivity contribution in [2.75, 3.05) is 6.61 Å². The molecule has 1 rings (SSSR count). The summed E-state index contributed by atoms with van der Waals surface area (Å²) in [7, 11) is 0. The first-order valence-corrected chi connectivity index (χ1v) is 3.07. The van der Waals surface area contributed by atoms with Crippen molar-refractivity contribution in [1.82, 2.24) is 0 Å². The van der Waals surface area contributed by atoms with E-state index in [2.05, 4.69) is 9.47 Å². The van der Waals surface area contributed by atoms with Crippen molar-refractivity contribution in [3.63, 3.8) is 0 Å². The number of hydrogen-bond donors (Lipinski definition) is 4. The summed E-state index contributed by atoms with van der Waals surface area (Å²) in [5.74, 6) is -8.30. The number of aliphatic hydroxyl groups is 3. The molecule has 1 aliphatic rings. The second-order valence-electron chi connectivity index (χ2n) is 2.35. The molecule has 0 aliphatic carbocycles. The second-order valence-corrected chi connectivity index (χ2v) is 2.35. The summed E-state index contributed by atoms with van der Waals surface area (Å²) in [5.41, 5.74) is 0. The molecule has 0 radical (unpaired) electrons. The molecule has 1 aliphatic heterocycles. The summed E-state index contributed by atoms with van der Waals surface area (Å²) in [6.07, 6.45) is -1.58. The van der Waals surface area contributed by atoms with Gasteiger partial charge in [-0.15, -0.1) is 0 Å². The summed E-state index contributed by atoms with van der Waals surface area (Å²) < 4.78 is 7.69. The molecule has 0 aromatic heterocycles. The fourth-order valence-corrected chi connectivity index (χ4v) is 0.778. The SMILES string of the molecule is O=C1OC(O)(CO)C(O)(C(=O)O)O1. The van der Waals surface area contributed by atoms with E-state index >= 15 is 0 Å². The standard InChI is InChI=1S/C5H6O8/c6-1-4(10)5(11,2(7)8)13-3(9)12-4/h6,10-11H,1H2,(H,7,8). The molecule has 0 spiro atoms. The summed E-state index contributed by atoms with van der Waals surface area (Å²) >= 11 is 0. The Morgan fingerprint density at radius 3 is 2.23 bits per heavy atom. The summed E-state index contributed by atoms with van der Waals surface area (Å²) in [6.45, 7) is -1.30. The van der Waals surface area contributed by atoms with Crippen LogP contribution in [0, 0.1) is 0 Å². The van der Waals surface area contributed by atoms with Crippen molar-refractivity contribution in [2.24, 2.45) is 0 Å². The first-order valence-electron chi connectivity index (χ1n) is 3.07. The lowest BCUT2D eigenvalue weighted by Gasteiger charge is -2.25. The number of ether oxygens (including phenoxy) is 2. The van der Waals surface area contributed by atoms with Gasteiger partial charge in [0.15, 0.2) is 0 Å². The number of cyclic esters (lactones) is 2. The number of aliphatic carboxylic acids is 1. The van der Waals surface area contributed by atoms with Crippen LogP contribution in [0.1, 0.15) is 0 Å². The van der Waals surface area contributed by atoms with Crippen LogP contribution in [0.4, 0.5) is 4.79 Å². The molecular weight excluding hydrogens is 188 g/mol. The Balaban J connectivity index is 3.09. The topological polar surface area (TPSA) is 134 Å². The zero-order valence-corrected chi connectivity index (χ0v) is 6.13. The molecule has 1 fully saturated rings. The van der Waals surface area contributed by atoms with E-state index in [0.29, 0.717) is 0 Å². The lowest BCUT2D eigenvalue weighted by molar-refractivity contribution is -0.297. The Labute approximate surface area is 70.9 Å². The third-order valence-corrected chi connectivity index (χ3v) is 1.52. The number of hydrogen-bond acceptors (Lipinski definition) is 7. The molecule has 0 aromatic carbocycles. The van der Waals surface area contributed by atoms with Gasteiger partial charge < -0.3 is 29.9 Å². The quantitative estimate of drug-likeness (QED) is 0.357. The Morgan fingerprint density at radius 2 is 1.92 bits per heavy atom. The highest BCUT2D eigenvalue weighted by atomic mass is 16.9. The van der Waals surface area contributed by atoms with Crippen LogP contribution in [0.15, 0.2) is 0 Å². The molecular formula is C5H6O8. The average molecular weight is 194 g/mol. The zero-order valence-electron chi connectivity index (χ0n) is 6.13. The molecule has 74 valence electrons. The molecule has 2 unspecified atom stereocenters. The molecule has 0 aromatic rings. The van der Waals surface area contributed by atoms with Gasteiger partial charge in [0.2, 0.25) is 0 Å². The van der Waals surface area contributed by atoms with Crippen LogP contribution in [-0.2, 0) is 14.3 Å². The Kier molecular flexibility index (Phi) is 1.91. The summed E-state index contributed by atoms with van der Waals surface area (Å²) in [6, 6.07) is 0. The minimum Gasteiger partial charge on any atom is -0.476 e. The second kappa shape index (κ2) is 2.55. The van der Waals surface area contributed by atoms with Gasteiger partial charge in [-0.05, 0) is 0 Å². The van der Waals surface area contributed by atoms with Crippen molar-refractivity contribution in [3.05, 3.63) is 0 Å². The van der Waals surface area contributed by atoms with Crippen LogP contribution in [0.5, 0.6) is 0 Å². The van der Waals surface area contributed by atoms with Crippen molar-refractivity contribution in [1.29, 1.82) is 0 Å². The van der Waals surface area contributed by atoms with Crippen LogP contribution in [0.2, 0.25) is 0 Å². The molecule has 1 saturated heterocycles. The largest absolute Gasteiger partial charge is 0.514 e. The lowest BCUT2D eigenvalue weighted by Crippen LogP contribution is -2.59. The summed E-state index contributed by atoms with van der Waals surface area (Å²) in [5, 5.41) is 35.1. The first kappa shape index (κ1) is 9.71. The zero-order chi connectivity index (χ0) is 10.3. The van der Waals surface area contributed by atoms with Gasteiger partial charge in [0.05, 0.1) is 0 Å². The molecule has 2 atom stereocenters. The average Bonchev–Trinajstić information content (AvgIpc) is 2.25. The summed E-state index contributed by atoms with van der Waals surface area (Å²) in [4.78, 5) is 20.8. The number of carboxylic acids is 1. The maximum absolute atomic E-state index is 10.4. The van der Waals surface area contributed by atoms with Gasteiger partial charge in [0.1, 0.15) is 6.61 Å². The van der Waals surface area contributed by atoms with Gasteiger partial charge in [-0.25, -0.2) is 9.59 Å². The number of carbonyl (C=O) groups is 2. The normalized spacial score (nSPS) is 38.2. The van der Waals surface area contributed by atoms with Gasteiger partial charge in [-0.3, -0.25) is 0 Å². The van der Waals surface area contributed by atoms with Gasteiger partial charge >= 0.3 is 23.7 Å². The van der Waals surface area contributed by atoms with Gasteiger partial charge in [-0.2, -0.15) is 0 Å². The van der Waals surface area contributed by atoms with E-state index in [1.54, 1.807) is 0 Å². The van der Waals surface area contributed by atoms with Gasteiger partial charge in [-0.1, -0.05) is 0 Å². The van der Waals surface area contributed by atoms with Crippen molar-refractivity contribution >= 4 is 12.1 Å². The highest BCUT2D eigenvalue weighted by Gasteiger charge is 2.68.